The maximum absolute atomic E-state index is 10.5. The van der Waals surface area contributed by atoms with Crippen LogP contribution in [0.3, 0.4) is 0 Å². The zero-order chi connectivity index (χ0) is 4.28. The van der Waals surface area contributed by atoms with E-state index >= 15 is 0 Å². The molecule has 0 fully saturated rings. The Bertz CT molecular complexity index is 48.8. The average molecular weight is 120 g/mol. The third-order valence-corrected chi connectivity index (χ3v) is 0.267. The molecule has 32 valence electrons. The second-order valence-electron chi connectivity index (χ2n) is 0.413. The summed E-state index contributed by atoms with van der Waals surface area (Å²) in [6, 6.07) is -1.28. The molecular formula is CH2FNaO2S. The SMILES string of the molecule is O=S([O-])CF.[Na+]. The fraction of sp³-hybridized carbons (Fsp3) is 1.00. The van der Waals surface area contributed by atoms with Crippen molar-refractivity contribution in [3.63, 3.8) is 0 Å². The molecule has 2 nitrogen and oxygen atoms in total. The number of alkyl halides is 1. The van der Waals surface area contributed by atoms with Crippen LogP contribution in [0.2, 0.25) is 0 Å². The molecule has 0 aromatic heterocycles. The number of hydrogen-bond acceptors (Lipinski definition) is 2. The van der Waals surface area contributed by atoms with Crippen molar-refractivity contribution < 1.29 is 42.7 Å². The summed E-state index contributed by atoms with van der Waals surface area (Å²) in [5.74, 6) is 0. The van der Waals surface area contributed by atoms with Gasteiger partial charge in [-0.3, -0.25) is 4.21 Å². The van der Waals surface area contributed by atoms with Gasteiger partial charge in [0.2, 0.25) is 0 Å². The van der Waals surface area contributed by atoms with Gasteiger partial charge in [0.15, 0.2) is 6.01 Å². The van der Waals surface area contributed by atoms with Crippen molar-refractivity contribution in [2.75, 3.05) is 6.01 Å². The second kappa shape index (κ2) is 6.04. The van der Waals surface area contributed by atoms with Gasteiger partial charge >= 0.3 is 29.6 Å². The summed E-state index contributed by atoms with van der Waals surface area (Å²) in [7, 11) is 0. The molecule has 0 amide bonds. The summed E-state index contributed by atoms with van der Waals surface area (Å²) in [4.78, 5) is 0. The van der Waals surface area contributed by atoms with E-state index in [-0.39, 0.29) is 29.6 Å². The maximum Gasteiger partial charge on any atom is 1.00 e. The predicted molar refractivity (Wildman–Crippen MR) is 14.9 cm³/mol. The molecule has 0 heterocycles. The first-order chi connectivity index (χ1) is 2.27. The molecule has 0 aliphatic rings. The summed E-state index contributed by atoms with van der Waals surface area (Å²) in [6.45, 7) is 0. The van der Waals surface area contributed by atoms with Crippen molar-refractivity contribution in [2.45, 2.75) is 0 Å². The Hall–Kier alpha value is 1.04. The van der Waals surface area contributed by atoms with Crippen molar-refractivity contribution in [2.24, 2.45) is 0 Å². The Morgan fingerprint density at radius 1 is 1.83 bits per heavy atom. The fourth-order valence-corrected chi connectivity index (χ4v) is 0. The second-order valence-corrected chi connectivity index (χ2v) is 1.24. The van der Waals surface area contributed by atoms with E-state index in [2.05, 4.69) is 0 Å². The van der Waals surface area contributed by atoms with E-state index in [1.165, 1.54) is 0 Å². The molecule has 0 aromatic carbocycles. The van der Waals surface area contributed by atoms with Crippen molar-refractivity contribution in [1.29, 1.82) is 0 Å². The smallest absolute Gasteiger partial charge is 0.770 e. The molecule has 1 atom stereocenters. The van der Waals surface area contributed by atoms with Crippen LogP contribution in [0, 0.1) is 0 Å². The maximum atomic E-state index is 10.5. The largest absolute Gasteiger partial charge is 1.00 e. The Morgan fingerprint density at radius 2 is 2.00 bits per heavy atom. The molecule has 0 aromatic rings. The van der Waals surface area contributed by atoms with Crippen LogP contribution < -0.4 is 29.6 Å². The third kappa shape index (κ3) is 8.90. The Morgan fingerprint density at radius 3 is 2.00 bits per heavy atom. The van der Waals surface area contributed by atoms with Crippen LogP contribution in [-0.4, -0.2) is 14.8 Å². The zero-order valence-electron chi connectivity index (χ0n) is 3.31. The normalized spacial score (nSPS) is 12.3. The first-order valence-electron chi connectivity index (χ1n) is 0.889. The van der Waals surface area contributed by atoms with E-state index < -0.39 is 17.1 Å². The van der Waals surface area contributed by atoms with Gasteiger partial charge in [-0.15, -0.1) is 0 Å². The van der Waals surface area contributed by atoms with Gasteiger partial charge in [-0.25, -0.2) is 4.39 Å². The monoisotopic (exact) mass is 120 g/mol. The van der Waals surface area contributed by atoms with Crippen LogP contribution in [0.25, 0.3) is 0 Å². The molecule has 6 heavy (non-hydrogen) atoms. The molecular weight excluding hydrogens is 118 g/mol. The van der Waals surface area contributed by atoms with E-state index in [9.17, 15) is 4.39 Å². The zero-order valence-corrected chi connectivity index (χ0v) is 6.13. The van der Waals surface area contributed by atoms with Crippen molar-refractivity contribution in [3.8, 4) is 0 Å². The van der Waals surface area contributed by atoms with E-state index in [0.717, 1.165) is 0 Å². The van der Waals surface area contributed by atoms with Gasteiger partial charge < -0.3 is 4.55 Å². The minimum Gasteiger partial charge on any atom is -0.770 e. The van der Waals surface area contributed by atoms with Gasteiger partial charge in [0, 0.05) is 0 Å². The Balaban J connectivity index is 0. The van der Waals surface area contributed by atoms with Crippen LogP contribution in [0.4, 0.5) is 4.39 Å². The summed E-state index contributed by atoms with van der Waals surface area (Å²) < 4.78 is 28.5. The number of halogens is 1. The van der Waals surface area contributed by atoms with E-state index in [0.29, 0.717) is 0 Å². The third-order valence-electron chi connectivity index (χ3n) is 0.0891. The van der Waals surface area contributed by atoms with E-state index in [1.54, 1.807) is 0 Å². The van der Waals surface area contributed by atoms with Crippen LogP contribution >= 0.6 is 0 Å². The van der Waals surface area contributed by atoms with Crippen molar-refractivity contribution in [1.82, 2.24) is 0 Å². The van der Waals surface area contributed by atoms with Crippen LogP contribution in [0.1, 0.15) is 0 Å². The fourth-order valence-electron chi connectivity index (χ4n) is 0. The molecule has 0 aliphatic carbocycles. The van der Waals surface area contributed by atoms with Gasteiger partial charge in [0.05, 0.1) is 0 Å². The summed E-state index contributed by atoms with van der Waals surface area (Å²) in [5.41, 5.74) is 0. The minimum atomic E-state index is -2.49. The van der Waals surface area contributed by atoms with Gasteiger partial charge in [-0.1, -0.05) is 0 Å². The molecule has 0 N–H and O–H groups in total. The van der Waals surface area contributed by atoms with Crippen LogP contribution in [0.15, 0.2) is 0 Å². The average Bonchev–Trinajstić information content (AvgIpc) is 1.38. The minimum absolute atomic E-state index is 0. The van der Waals surface area contributed by atoms with Gasteiger partial charge in [0.25, 0.3) is 0 Å². The molecule has 0 spiro atoms. The predicted octanol–water partition coefficient (Wildman–Crippen LogP) is -3.20. The topological polar surface area (TPSA) is 40.1 Å². The Kier molecular flexibility index (Phi) is 10.2. The summed E-state index contributed by atoms with van der Waals surface area (Å²) in [5, 5.41) is 0. The molecule has 0 bridgehead atoms. The van der Waals surface area contributed by atoms with E-state index in [4.69, 9.17) is 8.76 Å². The molecule has 1 unspecified atom stereocenters. The van der Waals surface area contributed by atoms with Crippen molar-refractivity contribution >= 4 is 11.1 Å². The van der Waals surface area contributed by atoms with Crippen LogP contribution in [0.5, 0.6) is 0 Å². The molecule has 0 rings (SSSR count). The summed E-state index contributed by atoms with van der Waals surface area (Å²) in [6.07, 6.45) is 0. The molecule has 0 saturated carbocycles. The summed E-state index contributed by atoms with van der Waals surface area (Å²) >= 11 is -2.49. The van der Waals surface area contributed by atoms with Gasteiger partial charge in [-0.05, 0) is 11.1 Å². The van der Waals surface area contributed by atoms with E-state index in [1.807, 2.05) is 0 Å². The van der Waals surface area contributed by atoms with Gasteiger partial charge in [0.1, 0.15) is 0 Å². The molecule has 0 radical (unpaired) electrons. The number of rotatable bonds is 1. The number of hydrogen-bond donors (Lipinski definition) is 0. The Labute approximate surface area is 59.7 Å². The molecule has 5 heteroatoms. The van der Waals surface area contributed by atoms with Crippen molar-refractivity contribution in [3.05, 3.63) is 0 Å². The van der Waals surface area contributed by atoms with Gasteiger partial charge in [-0.2, -0.15) is 0 Å². The standard InChI is InChI=1S/CH3FO2S.Na/c2-1-5(3)4;/h1H2,(H,3,4);/q;+1/p-1. The van der Waals surface area contributed by atoms with Crippen LogP contribution in [-0.2, 0) is 11.1 Å². The molecule has 0 aliphatic heterocycles. The molecule has 0 saturated heterocycles. The first-order valence-corrected chi connectivity index (χ1v) is 2.13. The first kappa shape index (κ1) is 10.1. The quantitative estimate of drug-likeness (QED) is 0.270.